The lowest BCUT2D eigenvalue weighted by atomic mass is 9.97. The Kier molecular flexibility index (Phi) is 2.10. The minimum atomic E-state index is 1.12. The maximum absolute atomic E-state index is 2.34. The molecule has 0 spiro atoms. The summed E-state index contributed by atoms with van der Waals surface area (Å²) in [5, 5.41) is 0. The zero-order valence-electron chi connectivity index (χ0n) is 9.88. The molecule has 0 saturated heterocycles. The molecule has 0 heterocycles. The predicted molar refractivity (Wildman–Crippen MR) is 68.8 cm³/mol. The molecule has 0 aliphatic heterocycles. The van der Waals surface area contributed by atoms with Gasteiger partial charge in [0.25, 0.3) is 0 Å². The first-order chi connectivity index (χ1) is 7.79. The third-order valence-corrected chi connectivity index (χ3v) is 3.54. The molecule has 2 aromatic rings. The number of hydrogen-bond donors (Lipinski definition) is 0. The van der Waals surface area contributed by atoms with E-state index in [-0.39, 0.29) is 0 Å². The number of rotatable bonds is 1. The standard InChI is InChI=1S/C16H16/c1-3-12-8-11(2)9-16-14-7-5-4-6-13(14)10-15(12)16/h4-9H,3,10H2,1-2H3. The summed E-state index contributed by atoms with van der Waals surface area (Å²) in [7, 11) is 0. The Morgan fingerprint density at radius 1 is 1.06 bits per heavy atom. The fourth-order valence-corrected chi connectivity index (χ4v) is 2.78. The molecule has 0 fully saturated rings. The van der Waals surface area contributed by atoms with Crippen LogP contribution < -0.4 is 0 Å². The molecule has 2 aromatic carbocycles. The van der Waals surface area contributed by atoms with Crippen molar-refractivity contribution in [3.05, 3.63) is 58.7 Å². The predicted octanol–water partition coefficient (Wildman–Crippen LogP) is 4.13. The Morgan fingerprint density at radius 3 is 2.69 bits per heavy atom. The summed E-state index contributed by atoms with van der Waals surface area (Å²) in [4.78, 5) is 0. The number of hydrogen-bond acceptors (Lipinski definition) is 0. The molecule has 0 aromatic heterocycles. The highest BCUT2D eigenvalue weighted by Gasteiger charge is 2.20. The second kappa shape index (κ2) is 3.48. The van der Waals surface area contributed by atoms with Crippen LogP contribution in [0.5, 0.6) is 0 Å². The molecule has 0 N–H and O–H groups in total. The molecule has 0 radical (unpaired) electrons. The molecule has 0 unspecified atom stereocenters. The minimum absolute atomic E-state index is 1.12. The van der Waals surface area contributed by atoms with Gasteiger partial charge in [0.2, 0.25) is 0 Å². The Hall–Kier alpha value is -1.56. The lowest BCUT2D eigenvalue weighted by Crippen LogP contribution is -1.92. The third kappa shape index (κ3) is 1.30. The van der Waals surface area contributed by atoms with Crippen LogP contribution in [-0.2, 0) is 12.8 Å². The van der Waals surface area contributed by atoms with Crippen molar-refractivity contribution >= 4 is 0 Å². The fourth-order valence-electron chi connectivity index (χ4n) is 2.78. The quantitative estimate of drug-likeness (QED) is 0.564. The first kappa shape index (κ1) is 9.65. The summed E-state index contributed by atoms with van der Waals surface area (Å²) < 4.78 is 0. The van der Waals surface area contributed by atoms with Crippen LogP contribution in [0.1, 0.15) is 29.2 Å². The van der Waals surface area contributed by atoms with Gasteiger partial charge in [0, 0.05) is 0 Å². The molecular formula is C16H16. The van der Waals surface area contributed by atoms with Crippen molar-refractivity contribution in [2.24, 2.45) is 0 Å². The zero-order valence-corrected chi connectivity index (χ0v) is 9.88. The van der Waals surface area contributed by atoms with Gasteiger partial charge in [-0.05, 0) is 47.6 Å². The van der Waals surface area contributed by atoms with Gasteiger partial charge >= 0.3 is 0 Å². The molecule has 1 aliphatic rings. The van der Waals surface area contributed by atoms with Crippen LogP contribution >= 0.6 is 0 Å². The van der Waals surface area contributed by atoms with Gasteiger partial charge in [-0.3, -0.25) is 0 Å². The van der Waals surface area contributed by atoms with Gasteiger partial charge in [-0.2, -0.15) is 0 Å². The Morgan fingerprint density at radius 2 is 1.88 bits per heavy atom. The average Bonchev–Trinajstić information content (AvgIpc) is 2.67. The van der Waals surface area contributed by atoms with E-state index in [0.717, 1.165) is 12.8 Å². The summed E-state index contributed by atoms with van der Waals surface area (Å²) >= 11 is 0. The average molecular weight is 208 g/mol. The van der Waals surface area contributed by atoms with Crippen molar-refractivity contribution in [2.75, 3.05) is 0 Å². The maximum atomic E-state index is 2.34. The molecule has 0 amide bonds. The summed E-state index contributed by atoms with van der Waals surface area (Å²) in [6.45, 7) is 4.44. The number of benzene rings is 2. The van der Waals surface area contributed by atoms with Gasteiger partial charge in [-0.1, -0.05) is 48.9 Å². The molecule has 0 heteroatoms. The summed E-state index contributed by atoms with van der Waals surface area (Å²) in [6.07, 6.45) is 2.26. The molecule has 0 nitrogen and oxygen atoms in total. The third-order valence-electron chi connectivity index (χ3n) is 3.54. The van der Waals surface area contributed by atoms with E-state index < -0.39 is 0 Å². The molecular weight excluding hydrogens is 192 g/mol. The van der Waals surface area contributed by atoms with Gasteiger partial charge in [0.05, 0.1) is 0 Å². The Bertz CT molecular complexity index is 550. The normalized spacial score (nSPS) is 12.4. The van der Waals surface area contributed by atoms with Crippen LogP contribution in [-0.4, -0.2) is 0 Å². The van der Waals surface area contributed by atoms with Crippen LogP contribution in [0.4, 0.5) is 0 Å². The lowest BCUT2D eigenvalue weighted by Gasteiger charge is -2.08. The van der Waals surface area contributed by atoms with E-state index in [4.69, 9.17) is 0 Å². The highest BCUT2D eigenvalue weighted by atomic mass is 14.2. The summed E-state index contributed by atoms with van der Waals surface area (Å²) in [6, 6.07) is 13.5. The summed E-state index contributed by atoms with van der Waals surface area (Å²) in [5.74, 6) is 0. The highest BCUT2D eigenvalue weighted by molar-refractivity contribution is 5.78. The van der Waals surface area contributed by atoms with Crippen LogP contribution in [0.2, 0.25) is 0 Å². The van der Waals surface area contributed by atoms with Crippen molar-refractivity contribution in [3.63, 3.8) is 0 Å². The van der Waals surface area contributed by atoms with E-state index in [1.54, 1.807) is 5.56 Å². The van der Waals surface area contributed by atoms with Crippen LogP contribution in [0.25, 0.3) is 11.1 Å². The van der Waals surface area contributed by atoms with E-state index >= 15 is 0 Å². The molecule has 16 heavy (non-hydrogen) atoms. The largest absolute Gasteiger partial charge is 0.0619 e. The van der Waals surface area contributed by atoms with E-state index in [2.05, 4.69) is 50.2 Å². The van der Waals surface area contributed by atoms with Crippen LogP contribution in [0.3, 0.4) is 0 Å². The van der Waals surface area contributed by atoms with Crippen molar-refractivity contribution in [3.8, 4) is 11.1 Å². The monoisotopic (exact) mass is 208 g/mol. The highest BCUT2D eigenvalue weighted by Crippen LogP contribution is 2.38. The smallest absolute Gasteiger partial charge is 0.00107 e. The van der Waals surface area contributed by atoms with E-state index in [9.17, 15) is 0 Å². The molecule has 0 saturated carbocycles. The first-order valence-corrected chi connectivity index (χ1v) is 6.00. The van der Waals surface area contributed by atoms with E-state index in [1.165, 1.54) is 27.8 Å². The van der Waals surface area contributed by atoms with Gasteiger partial charge in [0.1, 0.15) is 0 Å². The lowest BCUT2D eigenvalue weighted by molar-refractivity contribution is 1.08. The number of aryl methyl sites for hydroxylation is 2. The molecule has 80 valence electrons. The fraction of sp³-hybridized carbons (Fsp3) is 0.250. The van der Waals surface area contributed by atoms with E-state index in [1.807, 2.05) is 0 Å². The zero-order chi connectivity index (χ0) is 11.1. The first-order valence-electron chi connectivity index (χ1n) is 6.00. The SMILES string of the molecule is CCc1cc(C)cc2c1Cc1ccccc1-2. The van der Waals surface area contributed by atoms with Crippen molar-refractivity contribution < 1.29 is 0 Å². The molecule has 0 atom stereocenters. The molecule has 0 bridgehead atoms. The van der Waals surface area contributed by atoms with Crippen LogP contribution in [0.15, 0.2) is 36.4 Å². The minimum Gasteiger partial charge on any atom is -0.0619 e. The van der Waals surface area contributed by atoms with Gasteiger partial charge in [0.15, 0.2) is 0 Å². The topological polar surface area (TPSA) is 0 Å². The van der Waals surface area contributed by atoms with Gasteiger partial charge < -0.3 is 0 Å². The second-order valence-corrected chi connectivity index (χ2v) is 4.64. The van der Waals surface area contributed by atoms with Crippen molar-refractivity contribution in [2.45, 2.75) is 26.7 Å². The molecule has 3 rings (SSSR count). The maximum Gasteiger partial charge on any atom is -0.00107 e. The Labute approximate surface area is 96.9 Å². The Balaban J connectivity index is 2.28. The van der Waals surface area contributed by atoms with Gasteiger partial charge in [-0.15, -0.1) is 0 Å². The van der Waals surface area contributed by atoms with Crippen molar-refractivity contribution in [1.82, 2.24) is 0 Å². The van der Waals surface area contributed by atoms with E-state index in [0.29, 0.717) is 0 Å². The number of fused-ring (bicyclic) bond motifs is 3. The van der Waals surface area contributed by atoms with Gasteiger partial charge in [-0.25, -0.2) is 0 Å². The second-order valence-electron chi connectivity index (χ2n) is 4.64. The molecule has 1 aliphatic carbocycles. The summed E-state index contributed by atoms with van der Waals surface area (Å²) in [5.41, 5.74) is 8.84. The van der Waals surface area contributed by atoms with Crippen LogP contribution in [0, 0.1) is 6.92 Å². The van der Waals surface area contributed by atoms with Crippen molar-refractivity contribution in [1.29, 1.82) is 0 Å².